The van der Waals surface area contributed by atoms with Gasteiger partial charge in [-0.3, -0.25) is 19.0 Å². The molecule has 3 heterocycles. The van der Waals surface area contributed by atoms with Gasteiger partial charge < -0.3 is 16.4 Å². The Morgan fingerprint density at radius 3 is 2.50 bits per heavy atom. The first kappa shape index (κ1) is 26.2. The van der Waals surface area contributed by atoms with E-state index in [-0.39, 0.29) is 41.1 Å². The maximum atomic E-state index is 13.3. The lowest BCUT2D eigenvalue weighted by molar-refractivity contribution is -0.117. The van der Waals surface area contributed by atoms with E-state index in [2.05, 4.69) is 33.8 Å². The van der Waals surface area contributed by atoms with Gasteiger partial charge in [0.1, 0.15) is 23.0 Å². The molecular weight excluding hydrogens is 508 g/mol. The largest absolute Gasteiger partial charge is 0.383 e. The number of pyridine rings is 2. The summed E-state index contributed by atoms with van der Waals surface area (Å²) < 4.78 is 4.24. The number of rotatable bonds is 10. The molecule has 1 aliphatic rings. The minimum Gasteiger partial charge on any atom is -0.383 e. The molecular formula is C29H28N8O3. The summed E-state index contributed by atoms with van der Waals surface area (Å²) in [5.41, 5.74) is 7.27. The van der Waals surface area contributed by atoms with Crippen LogP contribution in [0.4, 0.5) is 17.2 Å². The Morgan fingerprint density at radius 2 is 1.77 bits per heavy atom. The number of aromatic nitrogens is 4. The van der Waals surface area contributed by atoms with E-state index in [9.17, 15) is 14.4 Å². The van der Waals surface area contributed by atoms with Gasteiger partial charge in [-0.05, 0) is 49.2 Å². The minimum atomic E-state index is -0.400. The third kappa shape index (κ3) is 5.53. The molecule has 1 amide bonds. The van der Waals surface area contributed by atoms with Gasteiger partial charge in [-0.2, -0.15) is 0 Å². The number of anilines is 3. The second-order valence-corrected chi connectivity index (χ2v) is 9.22. The molecule has 0 atom stereocenters. The molecule has 4 N–H and O–H groups in total. The summed E-state index contributed by atoms with van der Waals surface area (Å²) in [6.07, 6.45) is 6.36. The molecule has 0 radical (unpaired) electrons. The second kappa shape index (κ2) is 11.1. The zero-order valence-corrected chi connectivity index (χ0v) is 21.7. The summed E-state index contributed by atoms with van der Waals surface area (Å²) in [7, 11) is 0. The number of aliphatic imine (C=N–C) groups is 1. The third-order valence-electron chi connectivity index (χ3n) is 6.23. The van der Waals surface area contributed by atoms with E-state index in [1.165, 1.54) is 26.2 Å². The molecule has 3 aromatic heterocycles. The van der Waals surface area contributed by atoms with Crippen molar-refractivity contribution in [3.05, 3.63) is 118 Å². The molecule has 0 saturated heterocycles. The van der Waals surface area contributed by atoms with Crippen LogP contribution in [0.3, 0.4) is 0 Å². The van der Waals surface area contributed by atoms with Crippen LogP contribution in [-0.4, -0.2) is 31.0 Å². The highest BCUT2D eigenvalue weighted by molar-refractivity contribution is 5.94. The molecule has 0 bridgehead atoms. The average Bonchev–Trinajstić information content (AvgIpc) is 3.76. The Bertz CT molecular complexity index is 1760. The molecule has 0 spiro atoms. The topological polar surface area (TPSA) is 141 Å². The van der Waals surface area contributed by atoms with Crippen LogP contribution >= 0.6 is 0 Å². The summed E-state index contributed by atoms with van der Waals surface area (Å²) in [6, 6.07) is 17.1. The van der Waals surface area contributed by atoms with Gasteiger partial charge in [0.15, 0.2) is 5.82 Å². The zero-order chi connectivity index (χ0) is 28.2. The monoisotopic (exact) mass is 536 g/mol. The van der Waals surface area contributed by atoms with Crippen LogP contribution in [-0.2, 0) is 11.3 Å². The number of benzene rings is 1. The van der Waals surface area contributed by atoms with Crippen LogP contribution in [0.15, 0.2) is 106 Å². The highest BCUT2D eigenvalue weighted by Crippen LogP contribution is 2.30. The number of nitrogens with one attached hydrogen (secondary N) is 2. The number of carbonyl (C=O) groups excluding carboxylic acids is 1. The van der Waals surface area contributed by atoms with Crippen molar-refractivity contribution in [3.8, 4) is 11.6 Å². The Labute approximate surface area is 229 Å². The predicted octanol–water partition coefficient (Wildman–Crippen LogP) is 3.30. The van der Waals surface area contributed by atoms with E-state index in [1.54, 1.807) is 60.8 Å². The SMILES string of the molecule is C=CCn1c(=O)c(/C=N\C(=C)Nc2cccc(NC(=O)C3CC3)c2)c(N)n1-c1cccc(-n2ccccc2=O)n1. The van der Waals surface area contributed by atoms with Crippen molar-refractivity contribution in [1.82, 2.24) is 18.9 Å². The third-order valence-corrected chi connectivity index (χ3v) is 6.23. The molecule has 11 heteroatoms. The van der Waals surface area contributed by atoms with E-state index < -0.39 is 5.56 Å². The fraction of sp³-hybridized carbons (Fsp3) is 0.138. The molecule has 1 aliphatic carbocycles. The molecule has 0 unspecified atom stereocenters. The van der Waals surface area contributed by atoms with Gasteiger partial charge in [0.05, 0.1) is 6.54 Å². The fourth-order valence-electron chi connectivity index (χ4n) is 4.13. The number of hydrogen-bond donors (Lipinski definition) is 3. The summed E-state index contributed by atoms with van der Waals surface area (Å²) in [4.78, 5) is 46.6. The van der Waals surface area contributed by atoms with Crippen molar-refractivity contribution in [2.45, 2.75) is 19.4 Å². The summed E-state index contributed by atoms with van der Waals surface area (Å²) >= 11 is 0. The normalized spacial score (nSPS) is 12.8. The molecule has 1 saturated carbocycles. The van der Waals surface area contributed by atoms with Crippen molar-refractivity contribution in [2.24, 2.45) is 10.9 Å². The second-order valence-electron chi connectivity index (χ2n) is 9.22. The van der Waals surface area contributed by atoms with E-state index in [4.69, 9.17) is 5.73 Å². The van der Waals surface area contributed by atoms with Crippen molar-refractivity contribution < 1.29 is 4.79 Å². The molecule has 5 rings (SSSR count). The Morgan fingerprint density at radius 1 is 1.05 bits per heavy atom. The summed E-state index contributed by atoms with van der Waals surface area (Å²) in [5, 5.41) is 5.96. The lowest BCUT2D eigenvalue weighted by atomic mass is 10.2. The number of nitrogen functional groups attached to an aromatic ring is 1. The predicted molar refractivity (Wildman–Crippen MR) is 156 cm³/mol. The Kier molecular flexibility index (Phi) is 7.27. The highest BCUT2D eigenvalue weighted by atomic mass is 16.2. The number of hydrogen-bond acceptors (Lipinski definition) is 7. The molecule has 202 valence electrons. The summed E-state index contributed by atoms with van der Waals surface area (Å²) in [5.74, 6) is 1.19. The number of nitrogens with zero attached hydrogens (tertiary/aromatic N) is 5. The maximum Gasteiger partial charge on any atom is 0.278 e. The van der Waals surface area contributed by atoms with Crippen molar-refractivity contribution in [1.29, 1.82) is 0 Å². The quantitative estimate of drug-likeness (QED) is 0.210. The van der Waals surface area contributed by atoms with Crippen molar-refractivity contribution >= 4 is 29.3 Å². The maximum absolute atomic E-state index is 13.3. The highest BCUT2D eigenvalue weighted by Gasteiger charge is 2.29. The lowest BCUT2D eigenvalue weighted by Crippen LogP contribution is -2.24. The van der Waals surface area contributed by atoms with Crippen LogP contribution in [0.1, 0.15) is 18.4 Å². The van der Waals surface area contributed by atoms with E-state index in [1.807, 2.05) is 6.07 Å². The first-order valence-corrected chi connectivity index (χ1v) is 12.6. The zero-order valence-electron chi connectivity index (χ0n) is 21.7. The standard InChI is InChI=1S/C29H28N8O3/c1-3-15-36-29(40)23(18-31-19(2)32-21-8-6-9-22(17-21)33-28(39)20-13-14-20)27(30)37(36)25-11-7-10-24(34-25)35-16-5-4-12-26(35)38/h3-12,16-18,20,32H,1-2,13-15,30H2,(H,33,39)/b31-18-. The first-order chi connectivity index (χ1) is 19.4. The van der Waals surface area contributed by atoms with Gasteiger partial charge >= 0.3 is 0 Å². The molecule has 0 aliphatic heterocycles. The van der Waals surface area contributed by atoms with Gasteiger partial charge in [0.25, 0.3) is 11.1 Å². The van der Waals surface area contributed by atoms with Gasteiger partial charge in [-0.25, -0.2) is 19.3 Å². The lowest BCUT2D eigenvalue weighted by Gasteiger charge is -2.12. The van der Waals surface area contributed by atoms with Gasteiger partial charge in [-0.1, -0.05) is 30.9 Å². The molecule has 1 fully saturated rings. The van der Waals surface area contributed by atoms with Crippen molar-refractivity contribution in [2.75, 3.05) is 16.4 Å². The number of carbonyl (C=O) groups is 1. The number of amides is 1. The molecule has 11 nitrogen and oxygen atoms in total. The minimum absolute atomic E-state index is 0.0145. The van der Waals surface area contributed by atoms with E-state index in [0.29, 0.717) is 23.0 Å². The first-order valence-electron chi connectivity index (χ1n) is 12.6. The number of allylic oxidation sites excluding steroid dienone is 1. The smallest absolute Gasteiger partial charge is 0.278 e. The van der Waals surface area contributed by atoms with Crippen LogP contribution in [0, 0.1) is 5.92 Å². The fourth-order valence-corrected chi connectivity index (χ4v) is 4.13. The van der Waals surface area contributed by atoms with Crippen LogP contribution in [0.2, 0.25) is 0 Å². The van der Waals surface area contributed by atoms with E-state index >= 15 is 0 Å². The van der Waals surface area contributed by atoms with E-state index in [0.717, 1.165) is 12.8 Å². The Balaban J connectivity index is 1.41. The van der Waals surface area contributed by atoms with Gasteiger partial charge in [-0.15, -0.1) is 6.58 Å². The molecule has 40 heavy (non-hydrogen) atoms. The summed E-state index contributed by atoms with van der Waals surface area (Å²) in [6.45, 7) is 7.82. The van der Waals surface area contributed by atoms with Crippen LogP contribution < -0.4 is 27.5 Å². The van der Waals surface area contributed by atoms with Gasteiger partial charge in [0, 0.05) is 35.8 Å². The number of nitrogens with two attached hydrogens (primary N) is 1. The van der Waals surface area contributed by atoms with Gasteiger partial charge in [0.2, 0.25) is 5.91 Å². The molecule has 1 aromatic carbocycles. The average molecular weight is 537 g/mol. The van der Waals surface area contributed by atoms with Crippen LogP contribution in [0.25, 0.3) is 11.6 Å². The van der Waals surface area contributed by atoms with Crippen molar-refractivity contribution in [3.63, 3.8) is 0 Å². The van der Waals surface area contributed by atoms with Crippen LogP contribution in [0.5, 0.6) is 0 Å². The Hall–Kier alpha value is -5.45. The molecule has 4 aromatic rings.